The fourth-order valence-corrected chi connectivity index (χ4v) is 4.01. The smallest absolute Gasteiger partial charge is 0.135 e. The normalized spacial score (nSPS) is 11.2. The maximum Gasteiger partial charge on any atom is 0.135 e. The lowest BCUT2D eigenvalue weighted by Crippen LogP contribution is -2.13. The Morgan fingerprint density at radius 1 is 0.425 bits per heavy atom. The van der Waals surface area contributed by atoms with Crippen molar-refractivity contribution in [2.75, 3.05) is 92.5 Å². The molecule has 0 atom stereocenters. The quantitative estimate of drug-likeness (QED) is 0.144. The van der Waals surface area contributed by atoms with Crippen LogP contribution >= 0.6 is 0 Å². The Morgan fingerprint density at radius 2 is 0.950 bits per heavy atom. The zero-order chi connectivity index (χ0) is 28.1. The fraction of sp³-hybridized carbons (Fsp3) is 0.500. The minimum atomic E-state index is 0.420. The SMILES string of the molecule is CCOCCOCCOCCOc1cccc2c(OCCOCCOCCOCC)c(-c3ccccc3)ccc12. The summed E-state index contributed by atoms with van der Waals surface area (Å²) in [5.74, 6) is 1.60. The summed E-state index contributed by atoms with van der Waals surface area (Å²) < 4.78 is 45.3. The van der Waals surface area contributed by atoms with E-state index in [-0.39, 0.29) is 0 Å². The predicted molar refractivity (Wildman–Crippen MR) is 157 cm³/mol. The van der Waals surface area contributed by atoms with Gasteiger partial charge in [-0.3, -0.25) is 0 Å². The monoisotopic (exact) mass is 556 g/mol. The molecule has 3 aromatic carbocycles. The summed E-state index contributed by atoms with van der Waals surface area (Å²) in [5, 5.41) is 1.97. The molecule has 3 aromatic rings. The highest BCUT2D eigenvalue weighted by molar-refractivity contribution is 5.98. The Hall–Kier alpha value is -2.72. The molecule has 0 saturated carbocycles. The molecule has 0 aliphatic rings. The molecule has 0 aromatic heterocycles. The van der Waals surface area contributed by atoms with Crippen molar-refractivity contribution in [2.24, 2.45) is 0 Å². The molecule has 3 rings (SSSR count). The summed E-state index contributed by atoms with van der Waals surface area (Å²) in [5.41, 5.74) is 2.11. The Morgan fingerprint density at radius 3 is 1.52 bits per heavy atom. The van der Waals surface area contributed by atoms with Crippen LogP contribution in [0, 0.1) is 0 Å². The lowest BCUT2D eigenvalue weighted by atomic mass is 9.99. The van der Waals surface area contributed by atoms with Crippen molar-refractivity contribution >= 4 is 10.8 Å². The van der Waals surface area contributed by atoms with E-state index in [2.05, 4.69) is 30.3 Å². The average Bonchev–Trinajstić information content (AvgIpc) is 2.99. The Balaban J connectivity index is 1.54. The van der Waals surface area contributed by atoms with Crippen LogP contribution in [0.25, 0.3) is 21.9 Å². The highest BCUT2D eigenvalue weighted by Crippen LogP contribution is 2.40. The molecule has 0 amide bonds. The minimum absolute atomic E-state index is 0.420. The zero-order valence-electron chi connectivity index (χ0n) is 23.9. The van der Waals surface area contributed by atoms with Crippen molar-refractivity contribution in [1.29, 1.82) is 0 Å². The van der Waals surface area contributed by atoms with Crippen molar-refractivity contribution in [1.82, 2.24) is 0 Å². The van der Waals surface area contributed by atoms with Crippen LogP contribution < -0.4 is 9.47 Å². The maximum absolute atomic E-state index is 6.34. The van der Waals surface area contributed by atoms with Gasteiger partial charge in [-0.25, -0.2) is 0 Å². The summed E-state index contributed by atoms with van der Waals surface area (Å²) >= 11 is 0. The molecule has 8 nitrogen and oxygen atoms in total. The lowest BCUT2D eigenvalue weighted by molar-refractivity contribution is 0.0114. The van der Waals surface area contributed by atoms with Gasteiger partial charge in [-0.15, -0.1) is 0 Å². The predicted octanol–water partition coefficient (Wildman–Crippen LogP) is 5.40. The molecule has 0 heterocycles. The molecule has 0 unspecified atom stereocenters. The molecule has 0 fully saturated rings. The molecule has 0 radical (unpaired) electrons. The summed E-state index contributed by atoms with van der Waals surface area (Å²) in [6.45, 7) is 11.6. The molecular weight excluding hydrogens is 512 g/mol. The number of rotatable bonds is 23. The van der Waals surface area contributed by atoms with Crippen molar-refractivity contribution in [3.63, 3.8) is 0 Å². The highest BCUT2D eigenvalue weighted by atomic mass is 16.6. The van der Waals surface area contributed by atoms with E-state index in [1.54, 1.807) is 0 Å². The first kappa shape index (κ1) is 31.8. The number of ether oxygens (including phenoxy) is 8. The first-order valence-corrected chi connectivity index (χ1v) is 14.2. The topological polar surface area (TPSA) is 73.8 Å². The number of benzene rings is 3. The summed E-state index contributed by atoms with van der Waals surface area (Å²) in [4.78, 5) is 0. The fourth-order valence-electron chi connectivity index (χ4n) is 4.01. The third kappa shape index (κ3) is 11.4. The van der Waals surface area contributed by atoms with Gasteiger partial charge in [-0.05, 0) is 37.6 Å². The standard InChI is InChI=1S/C32H44O8/c1-3-33-15-17-35-19-21-37-23-25-39-31-12-8-11-30-29(31)14-13-28(27-9-6-5-7-10-27)32(30)40-26-24-38-22-20-36-18-16-34-4-2/h5-14H,3-4,15-26H2,1-2H3. The van der Waals surface area contributed by atoms with Gasteiger partial charge in [0.15, 0.2) is 0 Å². The molecular formula is C32H44O8. The van der Waals surface area contributed by atoms with E-state index < -0.39 is 0 Å². The van der Waals surface area contributed by atoms with Gasteiger partial charge in [0, 0.05) is 29.5 Å². The molecule has 220 valence electrons. The Kier molecular flexibility index (Phi) is 16.1. The van der Waals surface area contributed by atoms with Crippen molar-refractivity contribution in [3.05, 3.63) is 60.7 Å². The van der Waals surface area contributed by atoms with Gasteiger partial charge < -0.3 is 37.9 Å². The van der Waals surface area contributed by atoms with Crippen LogP contribution in [0.3, 0.4) is 0 Å². The second-order valence-electron chi connectivity index (χ2n) is 8.70. The van der Waals surface area contributed by atoms with Gasteiger partial charge in [0.05, 0.1) is 66.1 Å². The second kappa shape index (κ2) is 20.2. The van der Waals surface area contributed by atoms with Gasteiger partial charge in [0.25, 0.3) is 0 Å². The number of hydrogen-bond acceptors (Lipinski definition) is 8. The third-order valence-electron chi connectivity index (χ3n) is 5.91. The lowest BCUT2D eigenvalue weighted by Gasteiger charge is -2.17. The van der Waals surface area contributed by atoms with Crippen LogP contribution in [0.4, 0.5) is 0 Å². The molecule has 8 heteroatoms. The molecule has 0 spiro atoms. The van der Waals surface area contributed by atoms with Crippen LogP contribution in [-0.2, 0) is 28.4 Å². The molecule has 0 saturated heterocycles. The summed E-state index contributed by atoms with van der Waals surface area (Å²) in [6.07, 6.45) is 0. The van der Waals surface area contributed by atoms with Gasteiger partial charge in [-0.1, -0.05) is 42.5 Å². The molecule has 0 aliphatic heterocycles. The molecule has 40 heavy (non-hydrogen) atoms. The van der Waals surface area contributed by atoms with E-state index in [0.717, 1.165) is 33.4 Å². The highest BCUT2D eigenvalue weighted by Gasteiger charge is 2.14. The molecule has 0 bridgehead atoms. The van der Waals surface area contributed by atoms with E-state index in [1.165, 1.54) is 0 Å². The van der Waals surface area contributed by atoms with E-state index in [0.29, 0.717) is 92.5 Å². The van der Waals surface area contributed by atoms with Gasteiger partial charge >= 0.3 is 0 Å². The third-order valence-corrected chi connectivity index (χ3v) is 5.91. The maximum atomic E-state index is 6.34. The van der Waals surface area contributed by atoms with E-state index >= 15 is 0 Å². The number of hydrogen-bond donors (Lipinski definition) is 0. The summed E-state index contributed by atoms with van der Waals surface area (Å²) in [7, 11) is 0. The molecule has 0 aliphatic carbocycles. The summed E-state index contributed by atoms with van der Waals surface area (Å²) in [6, 6.07) is 20.4. The Labute approximate surface area is 238 Å². The van der Waals surface area contributed by atoms with Crippen LogP contribution in [0.1, 0.15) is 13.8 Å². The second-order valence-corrected chi connectivity index (χ2v) is 8.70. The largest absolute Gasteiger partial charge is 0.491 e. The van der Waals surface area contributed by atoms with Crippen molar-refractivity contribution in [3.8, 4) is 22.6 Å². The Bertz CT molecular complexity index is 1060. The first-order valence-electron chi connectivity index (χ1n) is 14.2. The van der Waals surface area contributed by atoms with E-state index in [9.17, 15) is 0 Å². The van der Waals surface area contributed by atoms with Gasteiger partial charge in [-0.2, -0.15) is 0 Å². The first-order chi connectivity index (χ1) is 19.8. The van der Waals surface area contributed by atoms with Crippen LogP contribution in [0.2, 0.25) is 0 Å². The number of fused-ring (bicyclic) bond motifs is 1. The van der Waals surface area contributed by atoms with Gasteiger partial charge in [0.1, 0.15) is 24.7 Å². The van der Waals surface area contributed by atoms with Crippen molar-refractivity contribution in [2.45, 2.75) is 13.8 Å². The van der Waals surface area contributed by atoms with Crippen LogP contribution in [0.15, 0.2) is 60.7 Å². The molecule has 0 N–H and O–H groups in total. The van der Waals surface area contributed by atoms with Crippen LogP contribution in [-0.4, -0.2) is 92.5 Å². The van der Waals surface area contributed by atoms with Crippen molar-refractivity contribution < 1.29 is 37.9 Å². The van der Waals surface area contributed by atoms with Gasteiger partial charge in [0.2, 0.25) is 0 Å². The minimum Gasteiger partial charge on any atom is -0.491 e. The van der Waals surface area contributed by atoms with Crippen LogP contribution in [0.5, 0.6) is 11.5 Å². The average molecular weight is 557 g/mol. The van der Waals surface area contributed by atoms with E-state index in [1.807, 2.05) is 44.2 Å². The zero-order valence-corrected chi connectivity index (χ0v) is 23.9. The van der Waals surface area contributed by atoms with E-state index in [4.69, 9.17) is 37.9 Å².